The Bertz CT molecular complexity index is 678. The molecule has 0 aliphatic heterocycles. The zero-order valence-electron chi connectivity index (χ0n) is 10.6. The lowest BCUT2D eigenvalue weighted by Gasteiger charge is -2.03. The third-order valence-electron chi connectivity index (χ3n) is 2.14. The van der Waals surface area contributed by atoms with E-state index in [1.807, 2.05) is 6.07 Å². The smallest absolute Gasteiger partial charge is 0.327 e. The molecule has 0 aliphatic carbocycles. The second kappa shape index (κ2) is 6.07. The molecule has 0 bridgehead atoms. The van der Waals surface area contributed by atoms with Crippen LogP contribution in [0, 0.1) is 18.3 Å². The first-order valence-corrected chi connectivity index (χ1v) is 6.20. The van der Waals surface area contributed by atoms with Crippen LogP contribution in [0.5, 0.6) is 0 Å². The van der Waals surface area contributed by atoms with Crippen molar-refractivity contribution in [3.8, 4) is 6.07 Å². The van der Waals surface area contributed by atoms with Gasteiger partial charge in [0.1, 0.15) is 18.3 Å². The third kappa shape index (κ3) is 3.27. The molecule has 0 saturated carbocycles. The van der Waals surface area contributed by atoms with E-state index >= 15 is 0 Å². The highest BCUT2D eigenvalue weighted by atomic mass is 32.2. The molecule has 0 aromatic carbocycles. The highest BCUT2D eigenvalue weighted by Gasteiger charge is 2.14. The lowest BCUT2D eigenvalue weighted by atomic mass is 10.4. The van der Waals surface area contributed by atoms with Crippen molar-refractivity contribution in [1.29, 1.82) is 5.26 Å². The lowest BCUT2D eigenvalue weighted by Crippen LogP contribution is -2.13. The maximum atomic E-state index is 11.2. The molecule has 2 rings (SSSR count). The number of nitriles is 1. The van der Waals surface area contributed by atoms with Gasteiger partial charge in [0.15, 0.2) is 5.16 Å². The van der Waals surface area contributed by atoms with Crippen LogP contribution in [-0.4, -0.2) is 43.3 Å². The first-order valence-electron chi connectivity index (χ1n) is 5.39. The van der Waals surface area contributed by atoms with Gasteiger partial charge >= 0.3 is 5.97 Å². The Morgan fingerprint density at radius 3 is 3.05 bits per heavy atom. The molecule has 10 heteroatoms. The van der Waals surface area contributed by atoms with E-state index in [9.17, 15) is 4.79 Å². The van der Waals surface area contributed by atoms with Crippen molar-refractivity contribution < 1.29 is 9.53 Å². The first-order chi connectivity index (χ1) is 9.62. The molecule has 0 radical (unpaired) electrons. The number of carbonyl (C=O) groups is 1. The number of carbonyl (C=O) groups excluding carboxylic acids is 1. The van der Waals surface area contributed by atoms with Gasteiger partial charge in [-0.15, -0.1) is 5.10 Å². The molecule has 0 aliphatic rings. The molecule has 0 amide bonds. The van der Waals surface area contributed by atoms with E-state index in [0.29, 0.717) is 16.0 Å². The van der Waals surface area contributed by atoms with E-state index in [-0.39, 0.29) is 12.2 Å². The highest BCUT2D eigenvalue weighted by Crippen LogP contribution is 2.22. The maximum absolute atomic E-state index is 11.2. The van der Waals surface area contributed by atoms with Crippen LogP contribution in [0.1, 0.15) is 11.4 Å². The van der Waals surface area contributed by atoms with Gasteiger partial charge in [-0.05, 0) is 35.2 Å². The summed E-state index contributed by atoms with van der Waals surface area (Å²) in [6.45, 7) is 1.65. The Morgan fingerprint density at radius 1 is 1.55 bits per heavy atom. The van der Waals surface area contributed by atoms with Gasteiger partial charge in [-0.1, -0.05) is 0 Å². The summed E-state index contributed by atoms with van der Waals surface area (Å²) >= 11 is 1.06. The normalized spacial score (nSPS) is 10.1. The van der Waals surface area contributed by atoms with Gasteiger partial charge in [-0.2, -0.15) is 5.26 Å². The van der Waals surface area contributed by atoms with Crippen LogP contribution in [0.4, 0.5) is 0 Å². The summed E-state index contributed by atoms with van der Waals surface area (Å²) in [6.07, 6.45) is 0. The fourth-order valence-corrected chi connectivity index (χ4v) is 2.06. The fraction of sp³-hybridized carbons (Fsp3) is 0.300. The number of hydrogen-bond acceptors (Lipinski definition) is 9. The van der Waals surface area contributed by atoms with Crippen molar-refractivity contribution in [1.82, 2.24) is 30.2 Å². The predicted molar refractivity (Wildman–Crippen MR) is 65.4 cm³/mol. The number of ether oxygens (including phenoxy) is 1. The zero-order valence-corrected chi connectivity index (χ0v) is 11.5. The monoisotopic (exact) mass is 291 g/mol. The Balaban J connectivity index is 2.23. The number of aromatic nitrogens is 6. The van der Waals surface area contributed by atoms with Gasteiger partial charge in [0.2, 0.25) is 5.16 Å². The van der Waals surface area contributed by atoms with Crippen molar-refractivity contribution in [2.75, 3.05) is 7.11 Å². The summed E-state index contributed by atoms with van der Waals surface area (Å²) in [5.41, 5.74) is 0.915. The zero-order chi connectivity index (χ0) is 14.5. The molecule has 20 heavy (non-hydrogen) atoms. The van der Waals surface area contributed by atoms with E-state index in [4.69, 9.17) is 5.26 Å². The molecule has 0 spiro atoms. The molecular weight excluding hydrogens is 282 g/mol. The number of aryl methyl sites for hydroxylation is 1. The van der Waals surface area contributed by atoms with E-state index in [1.165, 1.54) is 11.8 Å². The van der Waals surface area contributed by atoms with Crippen LogP contribution in [-0.2, 0) is 16.1 Å². The lowest BCUT2D eigenvalue weighted by molar-refractivity contribution is -0.141. The molecule has 2 aromatic heterocycles. The number of tetrazole rings is 1. The Hall–Kier alpha value is -2.54. The number of hydrogen-bond donors (Lipinski definition) is 0. The fourth-order valence-electron chi connectivity index (χ4n) is 1.28. The van der Waals surface area contributed by atoms with Gasteiger partial charge in [0.05, 0.1) is 7.11 Å². The summed E-state index contributed by atoms with van der Waals surface area (Å²) in [4.78, 5) is 19.4. The third-order valence-corrected chi connectivity index (χ3v) is 2.98. The molecule has 9 nitrogen and oxygen atoms in total. The Morgan fingerprint density at radius 2 is 2.35 bits per heavy atom. The van der Waals surface area contributed by atoms with Gasteiger partial charge in [0.25, 0.3) is 0 Å². The molecule has 0 fully saturated rings. The number of nitrogens with zero attached hydrogens (tertiary/aromatic N) is 7. The van der Waals surface area contributed by atoms with Crippen molar-refractivity contribution in [3.05, 3.63) is 17.5 Å². The van der Waals surface area contributed by atoms with Crippen LogP contribution in [0.15, 0.2) is 16.4 Å². The summed E-state index contributed by atoms with van der Waals surface area (Å²) < 4.78 is 5.82. The minimum Gasteiger partial charge on any atom is -0.468 e. The van der Waals surface area contributed by atoms with Crippen LogP contribution in [0.2, 0.25) is 0 Å². The van der Waals surface area contributed by atoms with Crippen LogP contribution in [0.3, 0.4) is 0 Å². The molecule has 0 saturated heterocycles. The van der Waals surface area contributed by atoms with Crippen molar-refractivity contribution >= 4 is 17.7 Å². The average Bonchev–Trinajstić information content (AvgIpc) is 2.85. The van der Waals surface area contributed by atoms with Crippen LogP contribution >= 0.6 is 11.8 Å². The van der Waals surface area contributed by atoms with Gasteiger partial charge in [-0.25, -0.2) is 14.6 Å². The topological polar surface area (TPSA) is 119 Å². The number of rotatable bonds is 4. The molecule has 2 heterocycles. The average molecular weight is 291 g/mol. The summed E-state index contributed by atoms with van der Waals surface area (Å²) in [5.74, 6) is -0.470. The van der Waals surface area contributed by atoms with Gasteiger partial charge in [-0.3, -0.25) is 4.79 Å². The number of methoxy groups -OCH3 is 1. The van der Waals surface area contributed by atoms with E-state index in [2.05, 4.69) is 30.2 Å². The molecule has 2 aromatic rings. The highest BCUT2D eigenvalue weighted by molar-refractivity contribution is 7.99. The Labute approximate surface area is 118 Å². The maximum Gasteiger partial charge on any atom is 0.327 e. The van der Waals surface area contributed by atoms with Crippen LogP contribution < -0.4 is 0 Å². The van der Waals surface area contributed by atoms with E-state index in [1.54, 1.807) is 13.0 Å². The van der Waals surface area contributed by atoms with E-state index < -0.39 is 5.97 Å². The molecule has 0 N–H and O–H groups in total. The van der Waals surface area contributed by atoms with Crippen LogP contribution in [0.25, 0.3) is 0 Å². The molecule has 0 atom stereocenters. The van der Waals surface area contributed by atoms with E-state index in [0.717, 1.165) is 11.8 Å². The minimum atomic E-state index is -0.470. The summed E-state index contributed by atoms with van der Waals surface area (Å²) in [7, 11) is 1.28. The second-order valence-electron chi connectivity index (χ2n) is 3.59. The van der Waals surface area contributed by atoms with Gasteiger partial charge in [0, 0.05) is 5.69 Å². The van der Waals surface area contributed by atoms with Gasteiger partial charge < -0.3 is 4.74 Å². The molecule has 0 unspecified atom stereocenters. The summed E-state index contributed by atoms with van der Waals surface area (Å²) in [6, 6.07) is 3.52. The van der Waals surface area contributed by atoms with Crippen molar-refractivity contribution in [2.45, 2.75) is 23.8 Å². The van der Waals surface area contributed by atoms with Crippen molar-refractivity contribution in [2.24, 2.45) is 0 Å². The Kier molecular flexibility index (Phi) is 4.21. The molecular formula is C10H9N7O2S. The largest absolute Gasteiger partial charge is 0.468 e. The standard InChI is InChI=1S/C10H9N7O2S/c1-6-3-7(4-11)13-9(12-6)20-10-14-15-16-17(10)5-8(18)19-2/h3H,5H2,1-2H3. The second-order valence-corrected chi connectivity index (χ2v) is 4.52. The van der Waals surface area contributed by atoms with Crippen molar-refractivity contribution in [3.63, 3.8) is 0 Å². The first kappa shape index (κ1) is 13.9. The quantitative estimate of drug-likeness (QED) is 0.564. The minimum absolute atomic E-state index is 0.108. The predicted octanol–water partition coefficient (Wildman–Crippen LogP) is -0.0326. The SMILES string of the molecule is COC(=O)Cn1nnnc1Sc1nc(C)cc(C#N)n1. The molecule has 102 valence electrons. The number of esters is 1. The summed E-state index contributed by atoms with van der Waals surface area (Å²) in [5, 5.41) is 20.5.